The zero-order valence-corrected chi connectivity index (χ0v) is 18.3. The first-order valence-corrected chi connectivity index (χ1v) is 11.1. The summed E-state index contributed by atoms with van der Waals surface area (Å²) in [5.74, 6) is -0.275. The Hall–Kier alpha value is -3.46. The number of para-hydroxylation sites is 1. The van der Waals surface area contributed by atoms with Crippen LogP contribution >= 0.6 is 0 Å². The minimum absolute atomic E-state index is 0.0360. The van der Waals surface area contributed by atoms with Crippen LogP contribution in [0.2, 0.25) is 0 Å². The average Bonchev–Trinajstić information content (AvgIpc) is 2.76. The van der Waals surface area contributed by atoms with Crippen LogP contribution in [0.3, 0.4) is 0 Å². The van der Waals surface area contributed by atoms with Crippen LogP contribution in [0.4, 0.5) is 14.5 Å². The number of rotatable bonds is 8. The molecule has 3 aromatic rings. The molecule has 0 saturated heterocycles. The van der Waals surface area contributed by atoms with Crippen LogP contribution in [0.1, 0.15) is 21.5 Å². The van der Waals surface area contributed by atoms with Crippen molar-refractivity contribution in [2.24, 2.45) is 0 Å². The Morgan fingerprint density at radius 2 is 1.62 bits per heavy atom. The van der Waals surface area contributed by atoms with Gasteiger partial charge in [0.25, 0.3) is 15.9 Å². The van der Waals surface area contributed by atoms with E-state index in [-0.39, 0.29) is 23.1 Å². The van der Waals surface area contributed by atoms with Crippen molar-refractivity contribution >= 4 is 21.6 Å². The Bertz CT molecular complexity index is 1180. The molecule has 3 aromatic carbocycles. The third-order valence-corrected chi connectivity index (χ3v) is 6.10. The normalized spacial score (nSPS) is 11.3. The molecule has 0 aliphatic carbocycles. The maximum absolute atomic E-state index is 12.7. The maximum Gasteiger partial charge on any atom is 0.387 e. The van der Waals surface area contributed by atoms with Gasteiger partial charge in [-0.15, -0.1) is 0 Å². The summed E-state index contributed by atoms with van der Waals surface area (Å²) in [6.07, 6.45) is 0. The second-order valence-electron chi connectivity index (χ2n) is 7.13. The first-order chi connectivity index (χ1) is 15.2. The number of aryl methyl sites for hydroxylation is 1. The molecule has 0 radical (unpaired) electrons. The number of alkyl halides is 2. The number of ether oxygens (including phenoxy) is 1. The SMILES string of the molecule is Cc1ccccc1NS(=O)(=O)c1ccc(C(=O)N(C)Cc2ccc(OC(F)F)cc2)cc1. The molecule has 32 heavy (non-hydrogen) atoms. The number of amides is 1. The van der Waals surface area contributed by atoms with Gasteiger partial charge >= 0.3 is 6.61 Å². The molecule has 0 spiro atoms. The lowest BCUT2D eigenvalue weighted by Gasteiger charge is -2.18. The smallest absolute Gasteiger partial charge is 0.387 e. The number of nitrogens with zero attached hydrogens (tertiary/aromatic N) is 1. The number of nitrogens with one attached hydrogen (secondary N) is 1. The Morgan fingerprint density at radius 1 is 1.00 bits per heavy atom. The topological polar surface area (TPSA) is 75.7 Å². The molecule has 0 aliphatic rings. The molecule has 6 nitrogen and oxygen atoms in total. The summed E-state index contributed by atoms with van der Waals surface area (Å²) >= 11 is 0. The Morgan fingerprint density at radius 3 is 2.22 bits per heavy atom. The fourth-order valence-electron chi connectivity index (χ4n) is 3.01. The zero-order valence-electron chi connectivity index (χ0n) is 17.5. The van der Waals surface area contributed by atoms with Crippen LogP contribution in [0.15, 0.2) is 77.7 Å². The van der Waals surface area contributed by atoms with Crippen molar-refractivity contribution in [1.29, 1.82) is 0 Å². The predicted molar refractivity (Wildman–Crippen MR) is 117 cm³/mol. The van der Waals surface area contributed by atoms with Crippen molar-refractivity contribution in [3.05, 3.63) is 89.5 Å². The van der Waals surface area contributed by atoms with Crippen molar-refractivity contribution in [3.63, 3.8) is 0 Å². The van der Waals surface area contributed by atoms with Gasteiger partial charge in [-0.25, -0.2) is 8.42 Å². The van der Waals surface area contributed by atoms with E-state index in [9.17, 15) is 22.0 Å². The third-order valence-electron chi connectivity index (χ3n) is 4.72. The van der Waals surface area contributed by atoms with Gasteiger partial charge in [0.05, 0.1) is 10.6 Å². The molecule has 0 aliphatic heterocycles. The quantitative estimate of drug-likeness (QED) is 0.530. The van der Waals surface area contributed by atoms with E-state index in [0.29, 0.717) is 11.3 Å². The molecule has 3 rings (SSSR count). The van der Waals surface area contributed by atoms with Gasteiger partial charge in [-0.2, -0.15) is 8.78 Å². The maximum atomic E-state index is 12.7. The fraction of sp³-hybridized carbons (Fsp3) is 0.174. The molecule has 1 N–H and O–H groups in total. The van der Waals surface area contributed by atoms with Crippen molar-refractivity contribution in [3.8, 4) is 5.75 Å². The van der Waals surface area contributed by atoms with Gasteiger partial charge in [-0.1, -0.05) is 30.3 Å². The van der Waals surface area contributed by atoms with Crippen LogP contribution < -0.4 is 9.46 Å². The number of benzene rings is 3. The monoisotopic (exact) mass is 460 g/mol. The number of hydrogen-bond donors (Lipinski definition) is 1. The molecule has 0 unspecified atom stereocenters. The molecular formula is C23H22F2N2O4S. The average molecular weight is 461 g/mol. The number of halogens is 2. The van der Waals surface area contributed by atoms with Crippen LogP contribution in [0.5, 0.6) is 5.75 Å². The van der Waals surface area contributed by atoms with E-state index in [1.54, 1.807) is 44.3 Å². The number of carbonyl (C=O) groups is 1. The summed E-state index contributed by atoms with van der Waals surface area (Å²) in [7, 11) is -2.21. The van der Waals surface area contributed by atoms with E-state index >= 15 is 0 Å². The highest BCUT2D eigenvalue weighted by Gasteiger charge is 2.17. The van der Waals surface area contributed by atoms with Crippen LogP contribution in [-0.4, -0.2) is 32.9 Å². The minimum Gasteiger partial charge on any atom is -0.435 e. The van der Waals surface area contributed by atoms with Gasteiger partial charge in [0.1, 0.15) is 5.75 Å². The van der Waals surface area contributed by atoms with Gasteiger partial charge in [0.2, 0.25) is 0 Å². The van der Waals surface area contributed by atoms with E-state index in [1.807, 2.05) is 6.07 Å². The van der Waals surface area contributed by atoms with E-state index in [1.165, 1.54) is 41.3 Å². The zero-order chi connectivity index (χ0) is 23.3. The van der Waals surface area contributed by atoms with Gasteiger partial charge in [0, 0.05) is 19.2 Å². The van der Waals surface area contributed by atoms with E-state index in [0.717, 1.165) is 11.1 Å². The molecule has 0 fully saturated rings. The lowest BCUT2D eigenvalue weighted by molar-refractivity contribution is -0.0498. The standard InChI is InChI=1S/C23H22F2N2O4S/c1-16-5-3-4-6-21(16)26-32(29,30)20-13-9-18(10-14-20)22(28)27(2)15-17-7-11-19(12-8-17)31-23(24)25/h3-14,23,26H,15H2,1-2H3. The van der Waals surface area contributed by atoms with Crippen molar-refractivity contribution in [2.45, 2.75) is 25.0 Å². The molecule has 9 heteroatoms. The number of carbonyl (C=O) groups excluding carboxylic acids is 1. The Kier molecular flexibility index (Phi) is 7.09. The molecular weight excluding hydrogens is 438 g/mol. The van der Waals surface area contributed by atoms with E-state index in [2.05, 4.69) is 9.46 Å². The number of hydrogen-bond acceptors (Lipinski definition) is 4. The Labute approximate surface area is 185 Å². The largest absolute Gasteiger partial charge is 0.435 e. The lowest BCUT2D eigenvalue weighted by atomic mass is 10.1. The summed E-state index contributed by atoms with van der Waals surface area (Å²) in [6.45, 7) is -0.860. The minimum atomic E-state index is -3.80. The highest BCUT2D eigenvalue weighted by molar-refractivity contribution is 7.92. The van der Waals surface area contributed by atoms with Crippen LogP contribution in [0.25, 0.3) is 0 Å². The molecule has 0 saturated carbocycles. The van der Waals surface area contributed by atoms with E-state index < -0.39 is 16.6 Å². The van der Waals surface area contributed by atoms with Crippen molar-refractivity contribution in [1.82, 2.24) is 4.90 Å². The number of sulfonamides is 1. The lowest BCUT2D eigenvalue weighted by Crippen LogP contribution is -2.26. The second-order valence-corrected chi connectivity index (χ2v) is 8.81. The third kappa shape index (κ3) is 5.82. The summed E-state index contributed by atoms with van der Waals surface area (Å²) in [6, 6.07) is 18.7. The summed E-state index contributed by atoms with van der Waals surface area (Å²) in [5, 5.41) is 0. The fourth-order valence-corrected chi connectivity index (χ4v) is 4.14. The highest BCUT2D eigenvalue weighted by Crippen LogP contribution is 2.21. The first-order valence-electron chi connectivity index (χ1n) is 9.63. The van der Waals surface area contributed by atoms with Crippen LogP contribution in [-0.2, 0) is 16.6 Å². The molecule has 0 atom stereocenters. The van der Waals surface area contributed by atoms with Crippen molar-refractivity contribution < 1.29 is 26.7 Å². The first kappa shape index (κ1) is 23.2. The summed E-state index contributed by atoms with van der Waals surface area (Å²) in [4.78, 5) is 14.2. The molecule has 0 aromatic heterocycles. The Balaban J connectivity index is 1.67. The van der Waals surface area contributed by atoms with Gasteiger partial charge in [0.15, 0.2) is 0 Å². The van der Waals surface area contributed by atoms with Gasteiger partial charge < -0.3 is 9.64 Å². The van der Waals surface area contributed by atoms with E-state index in [4.69, 9.17) is 0 Å². The van der Waals surface area contributed by atoms with Gasteiger partial charge in [-0.05, 0) is 60.5 Å². The van der Waals surface area contributed by atoms with Crippen molar-refractivity contribution in [2.75, 3.05) is 11.8 Å². The summed E-state index contributed by atoms with van der Waals surface area (Å²) in [5.41, 5.74) is 2.32. The molecule has 168 valence electrons. The van der Waals surface area contributed by atoms with Crippen LogP contribution in [0, 0.1) is 6.92 Å². The predicted octanol–water partition coefficient (Wildman–Crippen LogP) is 4.67. The second kappa shape index (κ2) is 9.78. The highest BCUT2D eigenvalue weighted by atomic mass is 32.2. The molecule has 0 bridgehead atoms. The van der Waals surface area contributed by atoms with Gasteiger partial charge in [-0.3, -0.25) is 9.52 Å². The molecule has 0 heterocycles. The number of anilines is 1. The summed E-state index contributed by atoms with van der Waals surface area (Å²) < 4.78 is 56.6. The molecule has 1 amide bonds.